The second kappa shape index (κ2) is 6.79. The number of sulfonamides is 1. The van der Waals surface area contributed by atoms with Gasteiger partial charge in [0.25, 0.3) is 10.0 Å². The van der Waals surface area contributed by atoms with Crippen LogP contribution in [0.15, 0.2) is 21.7 Å². The number of carboxylic acid groups (broad SMARTS) is 1. The van der Waals surface area contributed by atoms with Crippen molar-refractivity contribution in [3.05, 3.63) is 17.5 Å². The number of aliphatic carboxylic acids is 1. The number of morpholine rings is 1. The lowest BCUT2D eigenvalue weighted by atomic mass is 10.1. The Morgan fingerprint density at radius 1 is 1.33 bits per heavy atom. The molecule has 0 aromatic carbocycles. The third-order valence-electron chi connectivity index (χ3n) is 4.20. The summed E-state index contributed by atoms with van der Waals surface area (Å²) >= 11 is 1.12. The van der Waals surface area contributed by atoms with Gasteiger partial charge in [0, 0.05) is 13.1 Å². The smallest absolute Gasteiger partial charge is 0.334 e. The Morgan fingerprint density at radius 3 is 2.79 bits per heavy atom. The molecule has 1 amide bonds. The van der Waals surface area contributed by atoms with Gasteiger partial charge in [-0.3, -0.25) is 4.79 Å². The average Bonchev–Trinajstić information content (AvgIpc) is 3.26. The molecule has 2 aliphatic heterocycles. The maximum absolute atomic E-state index is 12.8. The Balaban J connectivity index is 1.78. The SMILES string of the molecule is O=C(O)C1CN(C(=O)C2CCCN2S(=O)(=O)c2cccs2)CCO1. The predicted octanol–water partition coefficient (Wildman–Crippen LogP) is 0.213. The molecule has 8 nitrogen and oxygen atoms in total. The van der Waals surface area contributed by atoms with Crippen LogP contribution in [0.25, 0.3) is 0 Å². The van der Waals surface area contributed by atoms with Crippen LogP contribution in [0, 0.1) is 0 Å². The average molecular weight is 374 g/mol. The maximum atomic E-state index is 12.8. The van der Waals surface area contributed by atoms with Crippen molar-refractivity contribution in [2.75, 3.05) is 26.2 Å². The third-order valence-corrected chi connectivity index (χ3v) is 7.48. The number of amides is 1. The van der Waals surface area contributed by atoms with Gasteiger partial charge in [-0.1, -0.05) is 6.07 Å². The van der Waals surface area contributed by atoms with E-state index in [2.05, 4.69) is 0 Å². The first-order valence-corrected chi connectivity index (χ1v) is 9.92. The number of hydrogen-bond donors (Lipinski definition) is 1. The minimum atomic E-state index is -3.70. The molecule has 0 bridgehead atoms. The molecule has 2 saturated heterocycles. The lowest BCUT2D eigenvalue weighted by molar-refractivity contribution is -0.160. The summed E-state index contributed by atoms with van der Waals surface area (Å²) in [7, 11) is -3.70. The van der Waals surface area contributed by atoms with Gasteiger partial charge < -0.3 is 14.7 Å². The molecular formula is C14H18N2O6S2. The molecule has 0 spiro atoms. The zero-order chi connectivity index (χ0) is 17.3. The number of carboxylic acids is 1. The number of ether oxygens (including phenoxy) is 1. The van der Waals surface area contributed by atoms with Crippen molar-refractivity contribution >= 4 is 33.2 Å². The number of thiophene rings is 1. The van der Waals surface area contributed by atoms with E-state index in [9.17, 15) is 18.0 Å². The van der Waals surface area contributed by atoms with Crippen molar-refractivity contribution in [1.29, 1.82) is 0 Å². The first-order valence-electron chi connectivity index (χ1n) is 7.60. The molecule has 24 heavy (non-hydrogen) atoms. The molecule has 10 heteroatoms. The standard InChI is InChI=1S/C14H18N2O6S2/c17-13(15-6-7-22-11(9-15)14(18)19)10-3-1-5-16(10)24(20,21)12-4-2-8-23-12/h2,4,8,10-11H,1,3,5-7,9H2,(H,18,19). The summed E-state index contributed by atoms with van der Waals surface area (Å²) in [6.45, 7) is 0.639. The Hall–Kier alpha value is -1.49. The minimum absolute atomic E-state index is 0.0580. The third kappa shape index (κ3) is 3.18. The zero-order valence-corrected chi connectivity index (χ0v) is 14.5. The number of nitrogens with zero attached hydrogens (tertiary/aromatic N) is 2. The number of hydrogen-bond acceptors (Lipinski definition) is 6. The fraction of sp³-hybridized carbons (Fsp3) is 0.571. The second-order valence-electron chi connectivity index (χ2n) is 5.69. The largest absolute Gasteiger partial charge is 0.479 e. The van der Waals surface area contributed by atoms with E-state index < -0.39 is 28.1 Å². The van der Waals surface area contributed by atoms with Crippen molar-refractivity contribution in [3.8, 4) is 0 Å². The second-order valence-corrected chi connectivity index (χ2v) is 8.75. The van der Waals surface area contributed by atoms with Gasteiger partial charge in [0.05, 0.1) is 13.2 Å². The van der Waals surface area contributed by atoms with Crippen LogP contribution < -0.4 is 0 Å². The van der Waals surface area contributed by atoms with E-state index in [4.69, 9.17) is 9.84 Å². The van der Waals surface area contributed by atoms with Crippen LogP contribution in [-0.2, 0) is 24.3 Å². The van der Waals surface area contributed by atoms with Crippen LogP contribution in [0.1, 0.15) is 12.8 Å². The molecule has 0 radical (unpaired) electrons. The topological polar surface area (TPSA) is 104 Å². The van der Waals surface area contributed by atoms with Crippen molar-refractivity contribution < 1.29 is 27.9 Å². The van der Waals surface area contributed by atoms with Crippen molar-refractivity contribution in [2.24, 2.45) is 0 Å². The van der Waals surface area contributed by atoms with Gasteiger partial charge in [0.1, 0.15) is 10.3 Å². The maximum Gasteiger partial charge on any atom is 0.334 e. The first-order chi connectivity index (χ1) is 11.4. The summed E-state index contributed by atoms with van der Waals surface area (Å²) in [5.41, 5.74) is 0. The molecule has 1 N–H and O–H groups in total. The molecule has 3 rings (SSSR count). The summed E-state index contributed by atoms with van der Waals surface area (Å²) in [5, 5.41) is 10.7. The predicted molar refractivity (Wildman–Crippen MR) is 85.2 cm³/mol. The first kappa shape index (κ1) is 17.3. The fourth-order valence-corrected chi connectivity index (χ4v) is 5.78. The summed E-state index contributed by atoms with van der Waals surface area (Å²) in [4.78, 5) is 25.2. The highest BCUT2D eigenvalue weighted by molar-refractivity contribution is 7.91. The molecule has 2 fully saturated rings. The van der Waals surface area contributed by atoms with Gasteiger partial charge in [0.2, 0.25) is 5.91 Å². The molecule has 132 valence electrons. The highest BCUT2D eigenvalue weighted by Crippen LogP contribution is 2.29. The summed E-state index contributed by atoms with van der Waals surface area (Å²) < 4.78 is 32.0. The van der Waals surface area contributed by atoms with E-state index >= 15 is 0 Å². The normalized spacial score (nSPS) is 25.8. The van der Waals surface area contributed by atoms with Crippen molar-refractivity contribution in [2.45, 2.75) is 29.2 Å². The van der Waals surface area contributed by atoms with Crippen LogP contribution in [0.2, 0.25) is 0 Å². The quantitative estimate of drug-likeness (QED) is 0.808. The van der Waals surface area contributed by atoms with Crippen molar-refractivity contribution in [3.63, 3.8) is 0 Å². The molecule has 0 aliphatic carbocycles. The van der Waals surface area contributed by atoms with Crippen LogP contribution in [0.4, 0.5) is 0 Å². The van der Waals surface area contributed by atoms with E-state index in [0.717, 1.165) is 11.3 Å². The lowest BCUT2D eigenvalue weighted by Gasteiger charge is -2.34. The minimum Gasteiger partial charge on any atom is -0.479 e. The molecule has 3 heterocycles. The van der Waals surface area contributed by atoms with E-state index in [1.165, 1.54) is 15.3 Å². The van der Waals surface area contributed by atoms with E-state index in [0.29, 0.717) is 19.4 Å². The summed E-state index contributed by atoms with van der Waals surface area (Å²) in [5.74, 6) is -1.47. The number of carbonyl (C=O) groups is 2. The van der Waals surface area contributed by atoms with Gasteiger partial charge in [-0.2, -0.15) is 4.31 Å². The molecular weight excluding hydrogens is 356 g/mol. The molecule has 1 aromatic rings. The van der Waals surface area contributed by atoms with Gasteiger partial charge >= 0.3 is 5.97 Å². The highest BCUT2D eigenvalue weighted by Gasteiger charge is 2.42. The van der Waals surface area contributed by atoms with Crippen LogP contribution in [0.3, 0.4) is 0 Å². The van der Waals surface area contributed by atoms with Gasteiger partial charge in [0.15, 0.2) is 6.10 Å². The highest BCUT2D eigenvalue weighted by atomic mass is 32.2. The van der Waals surface area contributed by atoms with Gasteiger partial charge in [-0.25, -0.2) is 13.2 Å². The van der Waals surface area contributed by atoms with Crippen molar-refractivity contribution in [1.82, 2.24) is 9.21 Å². The molecule has 0 saturated carbocycles. The zero-order valence-electron chi connectivity index (χ0n) is 12.8. The Kier molecular flexibility index (Phi) is 4.90. The van der Waals surface area contributed by atoms with Crippen LogP contribution in [0.5, 0.6) is 0 Å². The Labute approximate surface area is 143 Å². The molecule has 2 unspecified atom stereocenters. The lowest BCUT2D eigenvalue weighted by Crippen LogP contribution is -2.54. The van der Waals surface area contributed by atoms with Crippen LogP contribution in [-0.4, -0.2) is 73.0 Å². The fourth-order valence-electron chi connectivity index (χ4n) is 3.01. The van der Waals surface area contributed by atoms with Gasteiger partial charge in [-0.15, -0.1) is 11.3 Å². The van der Waals surface area contributed by atoms with E-state index in [-0.39, 0.29) is 29.8 Å². The monoisotopic (exact) mass is 374 g/mol. The number of rotatable bonds is 4. The summed E-state index contributed by atoms with van der Waals surface area (Å²) in [6, 6.07) is 2.41. The van der Waals surface area contributed by atoms with Crippen LogP contribution >= 0.6 is 11.3 Å². The molecule has 1 aromatic heterocycles. The number of carbonyl (C=O) groups excluding carboxylic acids is 1. The van der Waals surface area contributed by atoms with E-state index in [1.54, 1.807) is 11.4 Å². The molecule has 2 atom stereocenters. The summed E-state index contributed by atoms with van der Waals surface area (Å²) in [6.07, 6.45) is -0.0156. The Morgan fingerprint density at radius 2 is 2.12 bits per heavy atom. The van der Waals surface area contributed by atoms with Gasteiger partial charge in [-0.05, 0) is 24.3 Å². The molecule has 2 aliphatic rings. The van der Waals surface area contributed by atoms with E-state index in [1.807, 2.05) is 0 Å². The Bertz CT molecular complexity index is 718.